The Hall–Kier alpha value is -1.07. The molecule has 0 amide bonds. The number of sulfonamides is 1. The van der Waals surface area contributed by atoms with Gasteiger partial charge in [-0.05, 0) is 55.4 Å². The second-order valence-electron chi connectivity index (χ2n) is 5.58. The molecule has 2 saturated carbocycles. The van der Waals surface area contributed by atoms with Crippen LogP contribution in [0.2, 0.25) is 0 Å². The maximum absolute atomic E-state index is 12.3. The van der Waals surface area contributed by atoms with Crippen molar-refractivity contribution < 1.29 is 13.2 Å². The Kier molecular flexibility index (Phi) is 3.27. The summed E-state index contributed by atoms with van der Waals surface area (Å²) in [6, 6.07) is 6.67. The molecule has 0 aromatic heterocycles. The number of rotatable bonds is 4. The normalized spacial score (nSPS) is 29.6. The molecule has 0 saturated heterocycles. The number of hydrogen-bond donors (Lipinski definition) is 1. The lowest BCUT2D eigenvalue weighted by molar-refractivity contribution is 0.390. The minimum atomic E-state index is -3.40. The van der Waals surface area contributed by atoms with E-state index in [1.54, 1.807) is 31.4 Å². The van der Waals surface area contributed by atoms with Gasteiger partial charge in [0.05, 0.1) is 12.0 Å². The van der Waals surface area contributed by atoms with Gasteiger partial charge in [-0.15, -0.1) is 0 Å². The highest BCUT2D eigenvalue weighted by Crippen LogP contribution is 2.44. The van der Waals surface area contributed by atoms with Crippen molar-refractivity contribution in [1.82, 2.24) is 4.72 Å². The van der Waals surface area contributed by atoms with Gasteiger partial charge >= 0.3 is 0 Å². The first-order valence-electron chi connectivity index (χ1n) is 6.75. The lowest BCUT2D eigenvalue weighted by Crippen LogP contribution is -2.38. The van der Waals surface area contributed by atoms with Crippen LogP contribution in [0.1, 0.15) is 25.7 Å². The molecule has 0 unspecified atom stereocenters. The maximum atomic E-state index is 12.3. The third-order valence-corrected chi connectivity index (χ3v) is 5.92. The van der Waals surface area contributed by atoms with Crippen molar-refractivity contribution in [2.45, 2.75) is 36.6 Å². The highest BCUT2D eigenvalue weighted by molar-refractivity contribution is 7.89. The van der Waals surface area contributed by atoms with Crippen molar-refractivity contribution in [2.75, 3.05) is 7.11 Å². The van der Waals surface area contributed by atoms with Crippen molar-refractivity contribution in [2.24, 2.45) is 11.8 Å². The SMILES string of the molecule is COc1ccc(S(=O)(=O)N[C@@H]2C[C@H]3CC[C@H]2C3)cc1. The van der Waals surface area contributed by atoms with Crippen LogP contribution in [-0.2, 0) is 10.0 Å². The van der Waals surface area contributed by atoms with Crippen LogP contribution >= 0.6 is 0 Å². The molecule has 0 radical (unpaired) electrons. The maximum Gasteiger partial charge on any atom is 0.240 e. The first-order valence-corrected chi connectivity index (χ1v) is 8.23. The summed E-state index contributed by atoms with van der Waals surface area (Å²) in [4.78, 5) is 0.316. The van der Waals surface area contributed by atoms with Gasteiger partial charge in [0.1, 0.15) is 5.75 Å². The van der Waals surface area contributed by atoms with Crippen molar-refractivity contribution in [3.63, 3.8) is 0 Å². The molecule has 0 aliphatic heterocycles. The van der Waals surface area contributed by atoms with E-state index in [0.29, 0.717) is 16.6 Å². The highest BCUT2D eigenvalue weighted by atomic mass is 32.2. The van der Waals surface area contributed by atoms with Crippen LogP contribution in [0, 0.1) is 11.8 Å². The Morgan fingerprint density at radius 1 is 1.16 bits per heavy atom. The number of methoxy groups -OCH3 is 1. The summed E-state index contributed by atoms with van der Waals surface area (Å²) in [5.41, 5.74) is 0. The van der Waals surface area contributed by atoms with Crippen molar-refractivity contribution in [3.8, 4) is 5.75 Å². The molecule has 104 valence electrons. The summed E-state index contributed by atoms with van der Waals surface area (Å²) >= 11 is 0. The van der Waals surface area contributed by atoms with Gasteiger partial charge in [-0.1, -0.05) is 6.42 Å². The molecule has 19 heavy (non-hydrogen) atoms. The molecule has 2 aliphatic rings. The Balaban J connectivity index is 1.75. The second kappa shape index (κ2) is 4.80. The fourth-order valence-electron chi connectivity index (χ4n) is 3.41. The van der Waals surface area contributed by atoms with Crippen LogP contribution in [0.25, 0.3) is 0 Å². The molecular weight excluding hydrogens is 262 g/mol. The zero-order chi connectivity index (χ0) is 13.5. The minimum Gasteiger partial charge on any atom is -0.497 e. The standard InChI is InChI=1S/C14H19NO3S/c1-18-12-4-6-13(7-5-12)19(16,17)15-14-9-10-2-3-11(14)8-10/h4-7,10-11,14-15H,2-3,8-9H2,1H3/t10-,11-,14+/m0/s1. The molecule has 1 aromatic rings. The molecule has 0 heterocycles. The Morgan fingerprint density at radius 2 is 1.89 bits per heavy atom. The smallest absolute Gasteiger partial charge is 0.240 e. The third-order valence-electron chi connectivity index (χ3n) is 4.41. The van der Waals surface area contributed by atoms with Gasteiger partial charge in [-0.3, -0.25) is 0 Å². The van der Waals surface area contributed by atoms with Crippen LogP contribution in [-0.4, -0.2) is 21.6 Å². The molecule has 3 atom stereocenters. The predicted octanol–water partition coefficient (Wildman–Crippen LogP) is 2.16. The molecule has 0 spiro atoms. The van der Waals surface area contributed by atoms with Gasteiger partial charge in [0.15, 0.2) is 0 Å². The largest absolute Gasteiger partial charge is 0.497 e. The van der Waals surface area contributed by atoms with E-state index < -0.39 is 10.0 Å². The molecule has 2 aliphatic carbocycles. The van der Waals surface area contributed by atoms with Gasteiger partial charge in [-0.2, -0.15) is 0 Å². The summed E-state index contributed by atoms with van der Waals surface area (Å²) in [6.07, 6.45) is 4.63. The van der Waals surface area contributed by atoms with E-state index in [1.807, 2.05) is 0 Å². The van der Waals surface area contributed by atoms with E-state index in [1.165, 1.54) is 19.3 Å². The third kappa shape index (κ3) is 2.49. The monoisotopic (exact) mass is 281 g/mol. The average Bonchev–Trinajstić information content (AvgIpc) is 3.00. The molecule has 2 bridgehead atoms. The zero-order valence-corrected chi connectivity index (χ0v) is 11.8. The number of hydrogen-bond acceptors (Lipinski definition) is 3. The number of nitrogens with one attached hydrogen (secondary N) is 1. The Labute approximate surface area is 114 Å². The lowest BCUT2D eigenvalue weighted by Gasteiger charge is -2.22. The van der Waals surface area contributed by atoms with E-state index in [9.17, 15) is 8.42 Å². The Morgan fingerprint density at radius 3 is 2.42 bits per heavy atom. The summed E-state index contributed by atoms with van der Waals surface area (Å²) in [5.74, 6) is 1.94. The van der Waals surface area contributed by atoms with Gasteiger partial charge in [-0.25, -0.2) is 13.1 Å². The molecule has 4 nitrogen and oxygen atoms in total. The van der Waals surface area contributed by atoms with E-state index >= 15 is 0 Å². The molecular formula is C14H19NO3S. The van der Waals surface area contributed by atoms with E-state index in [0.717, 1.165) is 12.3 Å². The number of ether oxygens (including phenoxy) is 1. The van der Waals surface area contributed by atoms with Crippen LogP contribution in [0.5, 0.6) is 5.75 Å². The van der Waals surface area contributed by atoms with Crippen molar-refractivity contribution in [1.29, 1.82) is 0 Å². The van der Waals surface area contributed by atoms with E-state index in [4.69, 9.17) is 4.74 Å². The van der Waals surface area contributed by atoms with Crippen molar-refractivity contribution >= 4 is 10.0 Å². The summed E-state index contributed by atoms with van der Waals surface area (Å²) in [7, 11) is -1.83. The number of fused-ring (bicyclic) bond motifs is 2. The second-order valence-corrected chi connectivity index (χ2v) is 7.29. The van der Waals surface area contributed by atoms with Gasteiger partial charge < -0.3 is 4.74 Å². The quantitative estimate of drug-likeness (QED) is 0.920. The molecule has 1 aromatic carbocycles. The van der Waals surface area contributed by atoms with Crippen molar-refractivity contribution in [3.05, 3.63) is 24.3 Å². The average molecular weight is 281 g/mol. The van der Waals surface area contributed by atoms with Gasteiger partial charge in [0, 0.05) is 6.04 Å². The minimum absolute atomic E-state index is 0.130. The molecule has 1 N–H and O–H groups in total. The van der Waals surface area contributed by atoms with Gasteiger partial charge in [0.2, 0.25) is 10.0 Å². The Bertz CT molecular complexity index is 553. The highest BCUT2D eigenvalue weighted by Gasteiger charge is 2.41. The fraction of sp³-hybridized carbons (Fsp3) is 0.571. The molecule has 2 fully saturated rings. The fourth-order valence-corrected chi connectivity index (χ4v) is 4.73. The summed E-state index contributed by atoms with van der Waals surface area (Å²) in [6.45, 7) is 0. The van der Waals surface area contributed by atoms with Crippen LogP contribution in [0.4, 0.5) is 0 Å². The number of benzene rings is 1. The van der Waals surface area contributed by atoms with Crippen LogP contribution in [0.15, 0.2) is 29.2 Å². The molecule has 3 rings (SSSR count). The lowest BCUT2D eigenvalue weighted by atomic mass is 9.96. The predicted molar refractivity (Wildman–Crippen MR) is 72.6 cm³/mol. The first kappa shape index (κ1) is 12.9. The first-order chi connectivity index (χ1) is 9.08. The molecule has 5 heteroatoms. The summed E-state index contributed by atoms with van der Waals surface area (Å²) in [5, 5.41) is 0. The van der Waals surface area contributed by atoms with Crippen LogP contribution < -0.4 is 9.46 Å². The van der Waals surface area contributed by atoms with E-state index in [-0.39, 0.29) is 6.04 Å². The van der Waals surface area contributed by atoms with E-state index in [2.05, 4.69) is 4.72 Å². The summed E-state index contributed by atoms with van der Waals surface area (Å²) < 4.78 is 32.5. The topological polar surface area (TPSA) is 55.4 Å². The zero-order valence-electron chi connectivity index (χ0n) is 11.0. The van der Waals surface area contributed by atoms with Gasteiger partial charge in [0.25, 0.3) is 0 Å². The van der Waals surface area contributed by atoms with Crippen LogP contribution in [0.3, 0.4) is 0 Å².